The quantitative estimate of drug-likeness (QED) is 0.295. The molecule has 1 aliphatic heterocycles. The molecule has 0 amide bonds. The predicted molar refractivity (Wildman–Crippen MR) is 142 cm³/mol. The van der Waals surface area contributed by atoms with Gasteiger partial charge < -0.3 is 9.64 Å². The number of piperazine rings is 1. The summed E-state index contributed by atoms with van der Waals surface area (Å²) >= 11 is 0. The second-order valence-electron chi connectivity index (χ2n) is 9.80. The maximum Gasteiger partial charge on any atom is 0.316 e. The monoisotopic (exact) mass is 575 g/mol. The highest BCUT2D eigenvalue weighted by Crippen LogP contribution is 2.31. The van der Waals surface area contributed by atoms with Gasteiger partial charge in [0.15, 0.2) is 0 Å². The van der Waals surface area contributed by atoms with E-state index in [0.29, 0.717) is 17.3 Å². The number of hydrogen-bond donors (Lipinski definition) is 0. The molecule has 0 atom stereocenters. The van der Waals surface area contributed by atoms with Gasteiger partial charge in [-0.15, -0.1) is 0 Å². The van der Waals surface area contributed by atoms with Crippen molar-refractivity contribution >= 4 is 21.4 Å². The predicted octanol–water partition coefficient (Wildman–Crippen LogP) is 3.39. The molecule has 0 radical (unpaired) electrons. The lowest BCUT2D eigenvalue weighted by Crippen LogP contribution is -2.49. The number of nitro benzene ring substituents is 1. The van der Waals surface area contributed by atoms with E-state index in [1.165, 1.54) is 34.8 Å². The third-order valence-electron chi connectivity index (χ3n) is 7.04. The van der Waals surface area contributed by atoms with Crippen molar-refractivity contribution in [3.8, 4) is 11.4 Å². The first kappa shape index (κ1) is 27.6. The highest BCUT2D eigenvalue weighted by molar-refractivity contribution is 7.88. The summed E-state index contributed by atoms with van der Waals surface area (Å²) < 4.78 is 62.2. The fourth-order valence-corrected chi connectivity index (χ4v) is 6.56. The molecule has 2 fully saturated rings. The van der Waals surface area contributed by atoms with E-state index in [4.69, 9.17) is 4.74 Å². The van der Waals surface area contributed by atoms with Gasteiger partial charge >= 0.3 is 5.56 Å². The zero-order valence-electron chi connectivity index (χ0n) is 21.4. The minimum atomic E-state index is -3.77. The molecule has 1 saturated heterocycles. The number of ether oxygens (including phenoxy) is 1. The highest BCUT2D eigenvalue weighted by Gasteiger charge is 2.31. The topological polar surface area (TPSA) is 128 Å². The SMILES string of the molecule is O=c1c(OC2CCCC2)c(N2CCN(S(=O)(=O)Cc3cccc([N+](=O)[O-])c3)CC2)cnn1-c1cc(F)cc(F)c1. The van der Waals surface area contributed by atoms with Gasteiger partial charge in [0.05, 0.1) is 28.7 Å². The first-order valence-corrected chi connectivity index (χ1v) is 14.4. The van der Waals surface area contributed by atoms with Crippen LogP contribution in [0.4, 0.5) is 20.2 Å². The Hall–Kier alpha value is -3.91. The summed E-state index contributed by atoms with van der Waals surface area (Å²) in [7, 11) is -3.77. The number of sulfonamides is 1. The smallest absolute Gasteiger partial charge is 0.316 e. The minimum absolute atomic E-state index is 0.000489. The minimum Gasteiger partial charge on any atom is -0.483 e. The fraction of sp³-hybridized carbons (Fsp3) is 0.385. The van der Waals surface area contributed by atoms with Crippen molar-refractivity contribution in [1.29, 1.82) is 0 Å². The fourth-order valence-electron chi connectivity index (χ4n) is 5.05. The second-order valence-corrected chi connectivity index (χ2v) is 11.8. The molecule has 0 unspecified atom stereocenters. The number of benzene rings is 2. The summed E-state index contributed by atoms with van der Waals surface area (Å²) in [5.74, 6) is -2.09. The average Bonchev–Trinajstić information content (AvgIpc) is 3.42. The summed E-state index contributed by atoms with van der Waals surface area (Å²) in [6.45, 7) is 0.681. The lowest BCUT2D eigenvalue weighted by atomic mass is 10.2. The molecule has 0 N–H and O–H groups in total. The molecule has 11 nitrogen and oxygen atoms in total. The van der Waals surface area contributed by atoms with Crippen molar-refractivity contribution in [3.63, 3.8) is 0 Å². The molecule has 0 spiro atoms. The first-order valence-electron chi connectivity index (χ1n) is 12.8. The normalized spacial score (nSPS) is 16.8. The van der Waals surface area contributed by atoms with Gasteiger partial charge in [0.2, 0.25) is 15.8 Å². The third-order valence-corrected chi connectivity index (χ3v) is 8.89. The van der Waals surface area contributed by atoms with Crippen LogP contribution in [0.5, 0.6) is 5.75 Å². The molecule has 2 heterocycles. The van der Waals surface area contributed by atoms with Crippen LogP contribution in [-0.4, -0.2) is 59.7 Å². The van der Waals surface area contributed by atoms with Crippen LogP contribution < -0.4 is 15.2 Å². The van der Waals surface area contributed by atoms with Crippen LogP contribution >= 0.6 is 0 Å². The summed E-state index contributed by atoms with van der Waals surface area (Å²) in [5, 5.41) is 15.2. The number of anilines is 1. The molecule has 2 aliphatic rings. The Morgan fingerprint density at radius 1 is 1.02 bits per heavy atom. The van der Waals surface area contributed by atoms with Crippen LogP contribution in [0.15, 0.2) is 53.5 Å². The second kappa shape index (κ2) is 11.3. The van der Waals surface area contributed by atoms with E-state index in [9.17, 15) is 32.1 Å². The van der Waals surface area contributed by atoms with Crippen molar-refractivity contribution in [2.75, 3.05) is 31.1 Å². The van der Waals surface area contributed by atoms with E-state index in [-0.39, 0.29) is 55.2 Å². The zero-order chi connectivity index (χ0) is 28.4. The Morgan fingerprint density at radius 3 is 2.35 bits per heavy atom. The zero-order valence-corrected chi connectivity index (χ0v) is 22.2. The van der Waals surface area contributed by atoms with Gasteiger partial charge in [0.25, 0.3) is 5.69 Å². The number of halogens is 2. The lowest BCUT2D eigenvalue weighted by Gasteiger charge is -2.36. The highest BCUT2D eigenvalue weighted by atomic mass is 32.2. The number of rotatable bonds is 8. The van der Waals surface area contributed by atoms with Crippen LogP contribution in [0, 0.1) is 21.7 Å². The Bertz CT molecular complexity index is 1560. The van der Waals surface area contributed by atoms with E-state index < -0.39 is 32.1 Å². The standard InChI is InChI=1S/C26H27F2N5O6S/c27-19-13-20(28)15-22(14-19)32-26(34)25(39-23-6-1-2-7-23)24(16-29-32)30-8-10-31(11-9-30)40(37,38)17-18-4-3-5-21(12-18)33(35)36/h3-5,12-16,23H,1-2,6-11,17H2. The summed E-state index contributed by atoms with van der Waals surface area (Å²) in [4.78, 5) is 25.8. The number of hydrogen-bond acceptors (Lipinski definition) is 8. The van der Waals surface area contributed by atoms with E-state index in [1.807, 2.05) is 0 Å². The Morgan fingerprint density at radius 2 is 1.70 bits per heavy atom. The van der Waals surface area contributed by atoms with Gasteiger partial charge in [-0.05, 0) is 43.4 Å². The molecule has 212 valence electrons. The molecule has 1 saturated carbocycles. The Labute approximate surface area is 228 Å². The lowest BCUT2D eigenvalue weighted by molar-refractivity contribution is -0.384. The van der Waals surface area contributed by atoms with Crippen molar-refractivity contribution in [3.05, 3.63) is 86.3 Å². The van der Waals surface area contributed by atoms with Crippen LogP contribution in [0.2, 0.25) is 0 Å². The van der Waals surface area contributed by atoms with Crippen molar-refractivity contribution in [2.24, 2.45) is 0 Å². The van der Waals surface area contributed by atoms with Crippen LogP contribution in [-0.2, 0) is 15.8 Å². The summed E-state index contributed by atoms with van der Waals surface area (Å²) in [6.07, 6.45) is 4.63. The summed E-state index contributed by atoms with van der Waals surface area (Å²) in [6, 6.07) is 8.21. The number of nitro groups is 1. The molecular weight excluding hydrogens is 548 g/mol. The molecule has 1 aromatic heterocycles. The van der Waals surface area contributed by atoms with Gasteiger partial charge in [-0.2, -0.15) is 14.1 Å². The maximum atomic E-state index is 13.9. The number of non-ortho nitro benzene ring substituents is 1. The molecule has 5 rings (SSSR count). The average molecular weight is 576 g/mol. The van der Waals surface area contributed by atoms with Crippen LogP contribution in [0.25, 0.3) is 5.69 Å². The van der Waals surface area contributed by atoms with Gasteiger partial charge in [-0.3, -0.25) is 14.9 Å². The molecular formula is C26H27F2N5O6S. The van der Waals surface area contributed by atoms with Gasteiger partial charge in [0, 0.05) is 44.4 Å². The number of nitrogens with zero attached hydrogens (tertiary/aromatic N) is 5. The molecule has 14 heteroatoms. The molecule has 1 aliphatic carbocycles. The largest absolute Gasteiger partial charge is 0.483 e. The molecule has 3 aromatic rings. The first-order chi connectivity index (χ1) is 19.1. The molecule has 40 heavy (non-hydrogen) atoms. The van der Waals surface area contributed by atoms with Crippen molar-refractivity contribution < 1.29 is 26.9 Å². The third kappa shape index (κ3) is 5.97. The van der Waals surface area contributed by atoms with E-state index in [0.717, 1.165) is 42.5 Å². The van der Waals surface area contributed by atoms with Gasteiger partial charge in [-0.1, -0.05) is 12.1 Å². The molecule has 0 bridgehead atoms. The van der Waals surface area contributed by atoms with Crippen molar-refractivity contribution in [2.45, 2.75) is 37.5 Å². The van der Waals surface area contributed by atoms with Gasteiger partial charge in [-0.25, -0.2) is 17.2 Å². The maximum absolute atomic E-state index is 13.9. The molecule has 2 aromatic carbocycles. The van der Waals surface area contributed by atoms with E-state index >= 15 is 0 Å². The van der Waals surface area contributed by atoms with E-state index in [1.54, 1.807) is 4.90 Å². The van der Waals surface area contributed by atoms with Crippen LogP contribution in [0.1, 0.15) is 31.2 Å². The van der Waals surface area contributed by atoms with Gasteiger partial charge in [0.1, 0.15) is 17.3 Å². The Kier molecular flexibility index (Phi) is 7.81. The van der Waals surface area contributed by atoms with Crippen LogP contribution in [0.3, 0.4) is 0 Å². The number of aromatic nitrogens is 2. The summed E-state index contributed by atoms with van der Waals surface area (Å²) in [5.41, 5.74) is -0.251. The Balaban J connectivity index is 1.38. The van der Waals surface area contributed by atoms with Crippen molar-refractivity contribution in [1.82, 2.24) is 14.1 Å². The van der Waals surface area contributed by atoms with E-state index in [2.05, 4.69) is 5.10 Å².